The second kappa shape index (κ2) is 5.69. The Kier molecular flexibility index (Phi) is 3.94. The predicted octanol–water partition coefficient (Wildman–Crippen LogP) is 3.78. The van der Waals surface area contributed by atoms with Crippen LogP contribution in [0.4, 0.5) is 8.78 Å². The third kappa shape index (κ3) is 2.92. The monoisotopic (exact) mass is 333 g/mol. The number of likely N-dealkylation sites (tertiary alicyclic amines) is 1. The average molecular weight is 333 g/mol. The zero-order chi connectivity index (χ0) is 17.6. The van der Waals surface area contributed by atoms with Crippen molar-refractivity contribution in [1.82, 2.24) is 14.9 Å². The maximum Gasteiger partial charge on any atom is 0.223 e. The summed E-state index contributed by atoms with van der Waals surface area (Å²) in [6, 6.07) is 3.45. The summed E-state index contributed by atoms with van der Waals surface area (Å²) >= 11 is 0. The number of amides is 1. The Morgan fingerprint density at radius 2 is 2.00 bits per heavy atom. The molecule has 4 nitrogen and oxygen atoms in total. The first-order chi connectivity index (χ1) is 11.2. The fourth-order valence-corrected chi connectivity index (χ4v) is 3.16. The number of hydrogen-bond donors (Lipinski definition) is 1. The van der Waals surface area contributed by atoms with Crippen LogP contribution in [0.2, 0.25) is 0 Å². The summed E-state index contributed by atoms with van der Waals surface area (Å²) in [5.74, 6) is -0.545. The van der Waals surface area contributed by atoms with Gasteiger partial charge in [-0.05, 0) is 39.8 Å². The van der Waals surface area contributed by atoms with Gasteiger partial charge in [0, 0.05) is 41.7 Å². The van der Waals surface area contributed by atoms with Gasteiger partial charge < -0.3 is 9.88 Å². The molecule has 128 valence electrons. The minimum absolute atomic E-state index is 0.0484. The minimum Gasteiger partial charge on any atom is -0.345 e. The van der Waals surface area contributed by atoms with Gasteiger partial charge in [0.15, 0.2) is 0 Å². The summed E-state index contributed by atoms with van der Waals surface area (Å²) in [5, 5.41) is 0. The fourth-order valence-electron chi connectivity index (χ4n) is 3.16. The first-order valence-electron chi connectivity index (χ1n) is 7.99. The van der Waals surface area contributed by atoms with Crippen LogP contribution in [0.25, 0.3) is 11.3 Å². The molecule has 1 atom stereocenters. The molecular formula is C18H21F2N3O. The molecule has 0 bridgehead atoms. The van der Waals surface area contributed by atoms with Gasteiger partial charge in [0.25, 0.3) is 0 Å². The fraction of sp³-hybridized carbons (Fsp3) is 0.444. The number of halogens is 2. The first kappa shape index (κ1) is 16.6. The van der Waals surface area contributed by atoms with Crippen LogP contribution in [0, 0.1) is 18.6 Å². The summed E-state index contributed by atoms with van der Waals surface area (Å²) in [4.78, 5) is 21.8. The van der Waals surface area contributed by atoms with Crippen molar-refractivity contribution >= 4 is 5.91 Å². The molecule has 1 aliphatic heterocycles. The summed E-state index contributed by atoms with van der Waals surface area (Å²) in [6.07, 6.45) is 0.384. The highest BCUT2D eigenvalue weighted by Gasteiger charge is 2.38. The van der Waals surface area contributed by atoms with Gasteiger partial charge in [-0.15, -0.1) is 0 Å². The molecule has 3 rings (SSSR count). The van der Waals surface area contributed by atoms with Gasteiger partial charge in [0.2, 0.25) is 5.91 Å². The number of carbonyl (C=O) groups excluding carboxylic acids is 1. The number of H-pyrrole nitrogens is 1. The molecule has 24 heavy (non-hydrogen) atoms. The lowest BCUT2D eigenvalue weighted by Crippen LogP contribution is -2.42. The number of imidazole rings is 1. The molecule has 0 spiro atoms. The Morgan fingerprint density at radius 1 is 1.29 bits per heavy atom. The molecule has 1 amide bonds. The van der Waals surface area contributed by atoms with E-state index < -0.39 is 11.6 Å². The molecule has 0 aliphatic carbocycles. The van der Waals surface area contributed by atoms with Gasteiger partial charge in [-0.2, -0.15) is 0 Å². The highest BCUT2D eigenvalue weighted by molar-refractivity contribution is 5.80. The number of aromatic amines is 1. The first-order valence-corrected chi connectivity index (χ1v) is 7.99. The average Bonchev–Trinajstić information content (AvgIpc) is 3.02. The Morgan fingerprint density at radius 3 is 2.58 bits per heavy atom. The Balaban J connectivity index is 1.91. The SMILES string of the molecule is Cc1[nH]c(C2CC(=O)N(C(C)(C)C)C2)nc1-c1ccc(F)cc1F. The molecule has 0 saturated carbocycles. The third-order valence-electron chi connectivity index (χ3n) is 4.41. The van der Waals surface area contributed by atoms with Gasteiger partial charge in [-0.3, -0.25) is 4.79 Å². The van der Waals surface area contributed by atoms with E-state index in [4.69, 9.17) is 0 Å². The molecule has 1 N–H and O–H groups in total. The predicted molar refractivity (Wildman–Crippen MR) is 87.5 cm³/mol. The number of carbonyl (C=O) groups is 1. The van der Waals surface area contributed by atoms with Crippen molar-refractivity contribution in [2.45, 2.75) is 45.6 Å². The maximum absolute atomic E-state index is 14.0. The van der Waals surface area contributed by atoms with E-state index in [1.807, 2.05) is 25.7 Å². The minimum atomic E-state index is -0.644. The zero-order valence-electron chi connectivity index (χ0n) is 14.3. The van der Waals surface area contributed by atoms with Gasteiger partial charge in [-0.1, -0.05) is 0 Å². The van der Waals surface area contributed by atoms with E-state index in [2.05, 4.69) is 9.97 Å². The molecule has 2 heterocycles. The molecule has 6 heteroatoms. The summed E-state index contributed by atoms with van der Waals surface area (Å²) in [6.45, 7) is 8.38. The third-order valence-corrected chi connectivity index (χ3v) is 4.41. The van der Waals surface area contributed by atoms with Crippen molar-refractivity contribution in [2.24, 2.45) is 0 Å². The van der Waals surface area contributed by atoms with Crippen molar-refractivity contribution in [1.29, 1.82) is 0 Å². The van der Waals surface area contributed by atoms with E-state index in [-0.39, 0.29) is 22.9 Å². The quantitative estimate of drug-likeness (QED) is 0.909. The lowest BCUT2D eigenvalue weighted by atomic mass is 10.1. The maximum atomic E-state index is 14.0. The van der Waals surface area contributed by atoms with Crippen LogP contribution in [0.15, 0.2) is 18.2 Å². The summed E-state index contributed by atoms with van der Waals surface area (Å²) in [7, 11) is 0. The van der Waals surface area contributed by atoms with E-state index in [9.17, 15) is 13.6 Å². The Hall–Kier alpha value is -2.24. The number of rotatable bonds is 2. The molecule has 1 aromatic heterocycles. The van der Waals surface area contributed by atoms with Crippen LogP contribution in [-0.2, 0) is 4.79 Å². The highest BCUT2D eigenvalue weighted by Crippen LogP contribution is 2.33. The molecule has 1 aliphatic rings. The summed E-state index contributed by atoms with van der Waals surface area (Å²) < 4.78 is 27.1. The lowest BCUT2D eigenvalue weighted by molar-refractivity contribution is -0.131. The number of aromatic nitrogens is 2. The van der Waals surface area contributed by atoms with E-state index in [0.29, 0.717) is 30.2 Å². The van der Waals surface area contributed by atoms with Crippen LogP contribution in [0.5, 0.6) is 0 Å². The zero-order valence-corrected chi connectivity index (χ0v) is 14.3. The van der Waals surface area contributed by atoms with Crippen LogP contribution in [-0.4, -0.2) is 32.9 Å². The van der Waals surface area contributed by atoms with Crippen LogP contribution < -0.4 is 0 Å². The van der Waals surface area contributed by atoms with Crippen LogP contribution in [0.3, 0.4) is 0 Å². The smallest absolute Gasteiger partial charge is 0.223 e. The standard InChI is InChI=1S/C18H21F2N3O/c1-10-16(13-6-5-12(19)8-14(13)20)22-17(21-10)11-7-15(24)23(9-11)18(2,3)4/h5-6,8,11H,7,9H2,1-4H3,(H,21,22). The molecule has 1 saturated heterocycles. The van der Waals surface area contributed by atoms with E-state index in [1.165, 1.54) is 12.1 Å². The van der Waals surface area contributed by atoms with Gasteiger partial charge in [0.05, 0.1) is 5.69 Å². The number of nitrogens with one attached hydrogen (secondary N) is 1. The number of aryl methyl sites for hydroxylation is 1. The second-order valence-electron chi connectivity index (χ2n) is 7.30. The van der Waals surface area contributed by atoms with E-state index >= 15 is 0 Å². The molecule has 1 aromatic carbocycles. The van der Waals surface area contributed by atoms with Crippen molar-refractivity contribution < 1.29 is 13.6 Å². The number of hydrogen-bond acceptors (Lipinski definition) is 2. The Bertz CT molecular complexity index is 792. The Labute approximate surface area is 139 Å². The lowest BCUT2D eigenvalue weighted by Gasteiger charge is -2.31. The van der Waals surface area contributed by atoms with Gasteiger partial charge in [-0.25, -0.2) is 13.8 Å². The normalized spacial score (nSPS) is 18.5. The van der Waals surface area contributed by atoms with Crippen molar-refractivity contribution in [3.05, 3.63) is 41.4 Å². The molecule has 1 unspecified atom stereocenters. The largest absolute Gasteiger partial charge is 0.345 e. The van der Waals surface area contributed by atoms with Gasteiger partial charge >= 0.3 is 0 Å². The molecular weight excluding hydrogens is 312 g/mol. The number of benzene rings is 1. The topological polar surface area (TPSA) is 49.0 Å². The van der Waals surface area contributed by atoms with Gasteiger partial charge in [0.1, 0.15) is 17.5 Å². The van der Waals surface area contributed by atoms with Crippen molar-refractivity contribution in [2.75, 3.05) is 6.54 Å². The van der Waals surface area contributed by atoms with Crippen LogP contribution in [0.1, 0.15) is 44.6 Å². The highest BCUT2D eigenvalue weighted by atomic mass is 19.1. The molecule has 1 fully saturated rings. The number of nitrogens with zero attached hydrogens (tertiary/aromatic N) is 2. The van der Waals surface area contributed by atoms with E-state index in [0.717, 1.165) is 6.07 Å². The van der Waals surface area contributed by atoms with Crippen molar-refractivity contribution in [3.63, 3.8) is 0 Å². The second-order valence-corrected chi connectivity index (χ2v) is 7.30. The van der Waals surface area contributed by atoms with Crippen molar-refractivity contribution in [3.8, 4) is 11.3 Å². The molecule has 0 radical (unpaired) electrons. The van der Waals surface area contributed by atoms with Crippen LogP contribution >= 0.6 is 0 Å². The molecule has 2 aromatic rings. The van der Waals surface area contributed by atoms with E-state index in [1.54, 1.807) is 6.92 Å². The summed E-state index contributed by atoms with van der Waals surface area (Å²) in [5.41, 5.74) is 1.19.